The standard InChI is InChI=1S/C20H28N4O2S2/c1-23(2)28(25,26)19-12-7-11-18(15-19)22-20(27)21-13-8-14-24(3)16-17-9-5-4-6-10-17/h4-7,9-12,15H,8,13-14,16H2,1-3H3,(H2,21,22,27). The van der Waals surface area contributed by atoms with Crippen molar-refractivity contribution >= 4 is 33.0 Å². The molecule has 0 saturated heterocycles. The lowest BCUT2D eigenvalue weighted by Crippen LogP contribution is -2.31. The normalized spacial score (nSPS) is 11.6. The Labute approximate surface area is 173 Å². The lowest BCUT2D eigenvalue weighted by atomic mass is 10.2. The molecule has 0 bridgehead atoms. The zero-order valence-corrected chi connectivity index (χ0v) is 18.2. The van der Waals surface area contributed by atoms with Gasteiger partial charge in [0, 0.05) is 32.9 Å². The molecule has 2 rings (SSSR count). The zero-order chi connectivity index (χ0) is 20.6. The smallest absolute Gasteiger partial charge is 0.242 e. The average Bonchev–Trinajstić information content (AvgIpc) is 2.66. The molecule has 0 aliphatic rings. The molecule has 0 saturated carbocycles. The highest BCUT2D eigenvalue weighted by Crippen LogP contribution is 2.17. The van der Waals surface area contributed by atoms with Crippen molar-refractivity contribution in [2.75, 3.05) is 39.5 Å². The Morgan fingerprint density at radius 2 is 1.75 bits per heavy atom. The summed E-state index contributed by atoms with van der Waals surface area (Å²) in [6, 6.07) is 17.0. The third kappa shape index (κ3) is 6.87. The average molecular weight is 421 g/mol. The second-order valence-electron chi connectivity index (χ2n) is 6.77. The van der Waals surface area contributed by atoms with Crippen molar-refractivity contribution < 1.29 is 8.42 Å². The van der Waals surface area contributed by atoms with Crippen LogP contribution in [0.1, 0.15) is 12.0 Å². The second-order valence-corrected chi connectivity index (χ2v) is 9.33. The first-order chi connectivity index (χ1) is 13.3. The van der Waals surface area contributed by atoms with E-state index in [-0.39, 0.29) is 4.90 Å². The molecule has 0 aliphatic carbocycles. The SMILES string of the molecule is CN(CCCNC(=S)Nc1cccc(S(=O)(=O)N(C)C)c1)Cc1ccccc1. The van der Waals surface area contributed by atoms with Crippen molar-refractivity contribution in [2.45, 2.75) is 17.9 Å². The van der Waals surface area contributed by atoms with Crippen LogP contribution in [0.4, 0.5) is 5.69 Å². The fourth-order valence-electron chi connectivity index (χ4n) is 2.65. The van der Waals surface area contributed by atoms with Gasteiger partial charge in [-0.1, -0.05) is 36.4 Å². The third-order valence-corrected chi connectivity index (χ3v) is 6.23. The molecular weight excluding hydrogens is 392 g/mol. The van der Waals surface area contributed by atoms with Crippen molar-refractivity contribution in [1.82, 2.24) is 14.5 Å². The summed E-state index contributed by atoms with van der Waals surface area (Å²) in [5, 5.41) is 6.69. The lowest BCUT2D eigenvalue weighted by Gasteiger charge is -2.17. The highest BCUT2D eigenvalue weighted by molar-refractivity contribution is 7.89. The van der Waals surface area contributed by atoms with Gasteiger partial charge in [0.2, 0.25) is 10.0 Å². The van der Waals surface area contributed by atoms with Gasteiger partial charge in [0.25, 0.3) is 0 Å². The molecule has 2 aromatic carbocycles. The van der Waals surface area contributed by atoms with Crippen LogP contribution in [0.3, 0.4) is 0 Å². The van der Waals surface area contributed by atoms with E-state index in [4.69, 9.17) is 12.2 Å². The summed E-state index contributed by atoms with van der Waals surface area (Å²) in [7, 11) is 1.65. The van der Waals surface area contributed by atoms with Gasteiger partial charge in [-0.2, -0.15) is 0 Å². The highest BCUT2D eigenvalue weighted by Gasteiger charge is 2.17. The van der Waals surface area contributed by atoms with Crippen molar-refractivity contribution in [3.8, 4) is 0 Å². The molecule has 0 aliphatic heterocycles. The maximum absolute atomic E-state index is 12.2. The minimum Gasteiger partial charge on any atom is -0.362 e. The Bertz CT molecular complexity index is 871. The molecule has 0 heterocycles. The largest absolute Gasteiger partial charge is 0.362 e. The summed E-state index contributed by atoms with van der Waals surface area (Å²) in [5.74, 6) is 0. The predicted molar refractivity (Wildman–Crippen MR) is 119 cm³/mol. The molecule has 0 amide bonds. The quantitative estimate of drug-likeness (QED) is 0.480. The molecule has 8 heteroatoms. The number of nitrogens with one attached hydrogen (secondary N) is 2. The molecule has 0 unspecified atom stereocenters. The first-order valence-corrected chi connectivity index (χ1v) is 10.9. The molecule has 28 heavy (non-hydrogen) atoms. The Morgan fingerprint density at radius 1 is 1.04 bits per heavy atom. The van der Waals surface area contributed by atoms with Gasteiger partial charge in [-0.25, -0.2) is 12.7 Å². The van der Waals surface area contributed by atoms with Crippen LogP contribution < -0.4 is 10.6 Å². The molecule has 2 aromatic rings. The van der Waals surface area contributed by atoms with Gasteiger partial charge in [0.15, 0.2) is 5.11 Å². The van der Waals surface area contributed by atoms with E-state index < -0.39 is 10.0 Å². The monoisotopic (exact) mass is 420 g/mol. The molecule has 152 valence electrons. The summed E-state index contributed by atoms with van der Waals surface area (Å²) in [6.07, 6.45) is 0.945. The van der Waals surface area contributed by atoms with Crippen LogP contribution in [-0.2, 0) is 16.6 Å². The van der Waals surface area contributed by atoms with Crippen molar-refractivity contribution in [3.63, 3.8) is 0 Å². The minimum atomic E-state index is -3.47. The van der Waals surface area contributed by atoms with Crippen LogP contribution >= 0.6 is 12.2 Å². The van der Waals surface area contributed by atoms with Crippen LogP contribution in [0.25, 0.3) is 0 Å². The highest BCUT2D eigenvalue weighted by atomic mass is 32.2. The van der Waals surface area contributed by atoms with Crippen LogP contribution in [0.2, 0.25) is 0 Å². The van der Waals surface area contributed by atoms with E-state index in [1.807, 2.05) is 18.2 Å². The third-order valence-electron chi connectivity index (χ3n) is 4.17. The van der Waals surface area contributed by atoms with Crippen LogP contribution in [0.15, 0.2) is 59.5 Å². The molecule has 6 nitrogen and oxygen atoms in total. The topological polar surface area (TPSA) is 64.7 Å². The van der Waals surface area contributed by atoms with E-state index >= 15 is 0 Å². The summed E-state index contributed by atoms with van der Waals surface area (Å²) < 4.78 is 25.6. The summed E-state index contributed by atoms with van der Waals surface area (Å²) >= 11 is 5.31. The van der Waals surface area contributed by atoms with E-state index in [1.54, 1.807) is 24.3 Å². The minimum absolute atomic E-state index is 0.229. The van der Waals surface area contributed by atoms with Gasteiger partial charge in [-0.05, 0) is 56.0 Å². The number of thiocarbonyl (C=S) groups is 1. The molecular formula is C20H28N4O2S2. The summed E-state index contributed by atoms with van der Waals surface area (Å²) in [4.78, 5) is 2.50. The summed E-state index contributed by atoms with van der Waals surface area (Å²) in [5.41, 5.74) is 1.93. The van der Waals surface area contributed by atoms with Gasteiger partial charge in [0.05, 0.1) is 4.90 Å². The fraction of sp³-hybridized carbons (Fsp3) is 0.350. The fourth-order valence-corrected chi connectivity index (χ4v) is 3.81. The first kappa shape index (κ1) is 22.3. The number of hydrogen-bond acceptors (Lipinski definition) is 4. The van der Waals surface area contributed by atoms with Crippen LogP contribution in [-0.4, -0.2) is 57.0 Å². The molecule has 0 spiro atoms. The van der Waals surface area contributed by atoms with Gasteiger partial charge < -0.3 is 15.5 Å². The predicted octanol–water partition coefficient (Wildman–Crippen LogP) is 2.75. The number of benzene rings is 2. The molecule has 0 fully saturated rings. The lowest BCUT2D eigenvalue weighted by molar-refractivity contribution is 0.322. The van der Waals surface area contributed by atoms with Gasteiger partial charge in [-0.3, -0.25) is 0 Å². The molecule has 2 N–H and O–H groups in total. The zero-order valence-electron chi connectivity index (χ0n) is 16.6. The molecule has 0 radical (unpaired) electrons. The van der Waals surface area contributed by atoms with Crippen molar-refractivity contribution in [2.24, 2.45) is 0 Å². The number of sulfonamides is 1. The van der Waals surface area contributed by atoms with Gasteiger partial charge in [0.1, 0.15) is 0 Å². The van der Waals surface area contributed by atoms with Crippen LogP contribution in [0, 0.1) is 0 Å². The first-order valence-electron chi connectivity index (χ1n) is 9.09. The maximum atomic E-state index is 12.2. The number of rotatable bonds is 9. The van der Waals surface area contributed by atoms with E-state index in [9.17, 15) is 8.42 Å². The molecule has 0 atom stereocenters. The number of nitrogens with zero attached hydrogens (tertiary/aromatic N) is 2. The van der Waals surface area contributed by atoms with Crippen molar-refractivity contribution in [1.29, 1.82) is 0 Å². The Hall–Kier alpha value is -2.00. The van der Waals surface area contributed by atoms with E-state index in [0.29, 0.717) is 10.8 Å². The Kier molecular flexibility index (Phi) is 8.37. The number of hydrogen-bond donors (Lipinski definition) is 2. The van der Waals surface area contributed by atoms with Crippen molar-refractivity contribution in [3.05, 3.63) is 60.2 Å². The van der Waals surface area contributed by atoms with Crippen LogP contribution in [0.5, 0.6) is 0 Å². The van der Waals surface area contributed by atoms with Gasteiger partial charge >= 0.3 is 0 Å². The maximum Gasteiger partial charge on any atom is 0.242 e. The Morgan fingerprint density at radius 3 is 2.43 bits per heavy atom. The van der Waals surface area contributed by atoms with E-state index in [2.05, 4.69) is 34.7 Å². The second kappa shape index (κ2) is 10.5. The van der Waals surface area contributed by atoms with E-state index in [1.165, 1.54) is 24.0 Å². The van der Waals surface area contributed by atoms with E-state index in [0.717, 1.165) is 26.1 Å². The number of anilines is 1. The Balaban J connectivity index is 1.76. The molecule has 0 aromatic heterocycles. The summed E-state index contributed by atoms with van der Waals surface area (Å²) in [6.45, 7) is 2.60. The van der Waals surface area contributed by atoms with Gasteiger partial charge in [-0.15, -0.1) is 0 Å².